The van der Waals surface area contributed by atoms with Crippen LogP contribution in [0.4, 0.5) is 0 Å². The van der Waals surface area contributed by atoms with Gasteiger partial charge < -0.3 is 0 Å². The highest BCUT2D eigenvalue weighted by atomic mass is 32.1. The molecule has 0 amide bonds. The van der Waals surface area contributed by atoms with Crippen LogP contribution in [0.25, 0.3) is 0 Å². The number of hydrogen-bond donors (Lipinski definition) is 0. The van der Waals surface area contributed by atoms with Gasteiger partial charge in [0.1, 0.15) is 5.78 Å². The Morgan fingerprint density at radius 1 is 1.73 bits per heavy atom. The third kappa shape index (κ3) is 2.27. The molecule has 2 nitrogen and oxygen atoms in total. The van der Waals surface area contributed by atoms with E-state index in [4.69, 9.17) is 0 Å². The Bertz CT molecular complexity index is 275. The van der Waals surface area contributed by atoms with Crippen LogP contribution in [0.3, 0.4) is 0 Å². The van der Waals surface area contributed by atoms with Crippen LogP contribution in [0.1, 0.15) is 22.2 Å². The fraction of sp³-hybridized carbons (Fsp3) is 0.250. The molecule has 1 aromatic heterocycles. The van der Waals surface area contributed by atoms with Crippen molar-refractivity contribution in [1.29, 1.82) is 0 Å². The Morgan fingerprint density at radius 2 is 2.45 bits per heavy atom. The predicted octanol–water partition coefficient (Wildman–Crippen LogP) is 1.69. The smallest absolute Gasteiger partial charge is 0.150 e. The lowest BCUT2D eigenvalue weighted by molar-refractivity contribution is -0.116. The molecule has 0 unspecified atom stereocenters. The molecule has 1 aromatic rings. The predicted molar refractivity (Wildman–Crippen MR) is 44.1 cm³/mol. The third-order valence-electron chi connectivity index (χ3n) is 1.23. The zero-order chi connectivity index (χ0) is 8.27. The standard InChI is InChI=1S/C8H8O2S/c1-6(10)2-8-3-7(4-9)5-11-8/h3-5H,2H2,1H3. The quantitative estimate of drug-likeness (QED) is 0.643. The summed E-state index contributed by atoms with van der Waals surface area (Å²) in [5.74, 6) is 0.129. The van der Waals surface area contributed by atoms with Crippen molar-refractivity contribution >= 4 is 23.4 Å². The maximum atomic E-state index is 10.6. The lowest BCUT2D eigenvalue weighted by Crippen LogP contribution is -1.92. The highest BCUT2D eigenvalue weighted by Gasteiger charge is 2.00. The van der Waals surface area contributed by atoms with Crippen molar-refractivity contribution in [3.05, 3.63) is 21.9 Å². The Labute approximate surface area is 68.9 Å². The highest BCUT2D eigenvalue weighted by molar-refractivity contribution is 7.10. The van der Waals surface area contributed by atoms with Gasteiger partial charge in [-0.05, 0) is 13.0 Å². The molecule has 0 spiro atoms. The van der Waals surface area contributed by atoms with Crippen molar-refractivity contribution in [2.45, 2.75) is 13.3 Å². The molecule has 0 aliphatic carbocycles. The lowest BCUT2D eigenvalue weighted by Gasteiger charge is -1.86. The molecule has 0 saturated carbocycles. The van der Waals surface area contributed by atoms with Crippen LogP contribution in [0.15, 0.2) is 11.4 Å². The van der Waals surface area contributed by atoms with E-state index in [2.05, 4.69) is 0 Å². The number of Topliss-reactive ketones (excluding diaryl/α,β-unsaturated/α-hetero) is 1. The van der Waals surface area contributed by atoms with Gasteiger partial charge in [-0.15, -0.1) is 11.3 Å². The monoisotopic (exact) mass is 168 g/mol. The molecular weight excluding hydrogens is 160 g/mol. The van der Waals surface area contributed by atoms with E-state index in [-0.39, 0.29) is 5.78 Å². The van der Waals surface area contributed by atoms with E-state index in [1.807, 2.05) is 0 Å². The summed E-state index contributed by atoms with van der Waals surface area (Å²) in [6.45, 7) is 1.54. The second-order valence-corrected chi connectivity index (χ2v) is 3.34. The van der Waals surface area contributed by atoms with Gasteiger partial charge in [-0.25, -0.2) is 0 Å². The van der Waals surface area contributed by atoms with Gasteiger partial charge in [0.2, 0.25) is 0 Å². The van der Waals surface area contributed by atoms with E-state index in [9.17, 15) is 9.59 Å². The summed E-state index contributed by atoms with van der Waals surface area (Å²) in [7, 11) is 0. The molecule has 1 heterocycles. The van der Waals surface area contributed by atoms with E-state index in [0.29, 0.717) is 12.0 Å². The fourth-order valence-corrected chi connectivity index (χ4v) is 1.70. The summed E-state index contributed by atoms with van der Waals surface area (Å²) in [6.07, 6.45) is 1.23. The van der Waals surface area contributed by atoms with Crippen molar-refractivity contribution in [2.24, 2.45) is 0 Å². The van der Waals surface area contributed by atoms with Crippen molar-refractivity contribution in [1.82, 2.24) is 0 Å². The minimum Gasteiger partial charge on any atom is -0.300 e. The number of thiophene rings is 1. The molecule has 0 aliphatic rings. The number of aldehydes is 1. The van der Waals surface area contributed by atoms with Crippen molar-refractivity contribution in [2.75, 3.05) is 0 Å². The first-order chi connectivity index (χ1) is 5.22. The van der Waals surface area contributed by atoms with Gasteiger partial charge >= 0.3 is 0 Å². The minimum absolute atomic E-state index is 0.129. The van der Waals surface area contributed by atoms with E-state index in [0.717, 1.165) is 11.2 Å². The zero-order valence-electron chi connectivity index (χ0n) is 6.16. The van der Waals surface area contributed by atoms with Crippen LogP contribution >= 0.6 is 11.3 Å². The van der Waals surface area contributed by atoms with Crippen LogP contribution in [0.5, 0.6) is 0 Å². The van der Waals surface area contributed by atoms with Crippen molar-refractivity contribution in [3.63, 3.8) is 0 Å². The molecule has 58 valence electrons. The van der Waals surface area contributed by atoms with E-state index < -0.39 is 0 Å². The molecule has 0 fully saturated rings. The number of ketones is 1. The van der Waals surface area contributed by atoms with Gasteiger partial charge in [-0.2, -0.15) is 0 Å². The van der Waals surface area contributed by atoms with Gasteiger partial charge in [-0.1, -0.05) is 0 Å². The molecule has 3 heteroatoms. The maximum absolute atomic E-state index is 10.6. The van der Waals surface area contributed by atoms with E-state index in [1.54, 1.807) is 18.4 Å². The van der Waals surface area contributed by atoms with Crippen molar-refractivity contribution < 1.29 is 9.59 Å². The summed E-state index contributed by atoms with van der Waals surface area (Å²) in [5, 5.41) is 1.76. The van der Waals surface area contributed by atoms with Gasteiger partial charge in [-0.3, -0.25) is 9.59 Å². The van der Waals surface area contributed by atoms with Crippen LogP contribution in [0.2, 0.25) is 0 Å². The average molecular weight is 168 g/mol. The molecule has 0 bridgehead atoms. The number of rotatable bonds is 3. The average Bonchev–Trinajstić information content (AvgIpc) is 2.34. The Morgan fingerprint density at radius 3 is 2.91 bits per heavy atom. The van der Waals surface area contributed by atoms with E-state index in [1.165, 1.54) is 11.3 Å². The SMILES string of the molecule is CC(=O)Cc1cc(C=O)cs1. The third-order valence-corrected chi connectivity index (χ3v) is 2.19. The van der Waals surface area contributed by atoms with Gasteiger partial charge in [0.25, 0.3) is 0 Å². The highest BCUT2D eigenvalue weighted by Crippen LogP contribution is 2.13. The summed E-state index contributed by atoms with van der Waals surface area (Å²) < 4.78 is 0. The molecule has 0 saturated heterocycles. The number of hydrogen-bond acceptors (Lipinski definition) is 3. The normalized spacial score (nSPS) is 9.55. The molecule has 1 rings (SSSR count). The Kier molecular flexibility index (Phi) is 2.54. The largest absolute Gasteiger partial charge is 0.300 e. The Hall–Kier alpha value is -0.960. The molecule has 0 aliphatic heterocycles. The van der Waals surface area contributed by atoms with Crippen LogP contribution < -0.4 is 0 Å². The summed E-state index contributed by atoms with van der Waals surface area (Å²) in [6, 6.07) is 1.75. The maximum Gasteiger partial charge on any atom is 0.150 e. The first kappa shape index (κ1) is 8.14. The zero-order valence-corrected chi connectivity index (χ0v) is 6.98. The first-order valence-corrected chi connectivity index (χ1v) is 4.12. The lowest BCUT2D eigenvalue weighted by atomic mass is 10.2. The molecular formula is C8H8O2S. The van der Waals surface area contributed by atoms with E-state index >= 15 is 0 Å². The van der Waals surface area contributed by atoms with Crippen LogP contribution in [0, 0.1) is 0 Å². The van der Waals surface area contributed by atoms with Crippen molar-refractivity contribution in [3.8, 4) is 0 Å². The van der Waals surface area contributed by atoms with Gasteiger partial charge in [0, 0.05) is 22.2 Å². The van der Waals surface area contributed by atoms with Crippen LogP contribution in [-0.4, -0.2) is 12.1 Å². The van der Waals surface area contributed by atoms with Crippen LogP contribution in [-0.2, 0) is 11.2 Å². The molecule has 0 aromatic carbocycles. The molecule has 11 heavy (non-hydrogen) atoms. The summed E-state index contributed by atoms with van der Waals surface area (Å²) in [4.78, 5) is 21.8. The number of carbonyl (C=O) groups excluding carboxylic acids is 2. The van der Waals surface area contributed by atoms with Gasteiger partial charge in [0.05, 0.1) is 0 Å². The molecule has 0 radical (unpaired) electrons. The van der Waals surface area contributed by atoms with Gasteiger partial charge in [0.15, 0.2) is 6.29 Å². The Balaban J connectivity index is 2.72. The molecule has 0 atom stereocenters. The topological polar surface area (TPSA) is 34.1 Å². The first-order valence-electron chi connectivity index (χ1n) is 3.24. The molecule has 0 N–H and O–H groups in total. The minimum atomic E-state index is 0.129. The number of carbonyl (C=O) groups is 2. The summed E-state index contributed by atoms with van der Waals surface area (Å²) >= 11 is 1.45. The summed E-state index contributed by atoms with van der Waals surface area (Å²) in [5.41, 5.74) is 0.659. The second-order valence-electron chi connectivity index (χ2n) is 2.34. The second kappa shape index (κ2) is 3.44. The fourth-order valence-electron chi connectivity index (χ4n) is 0.798.